The van der Waals surface area contributed by atoms with E-state index in [1.54, 1.807) is 52.0 Å². The van der Waals surface area contributed by atoms with Gasteiger partial charge in [-0.15, -0.1) is 0 Å². The molecule has 188 valence electrons. The first-order chi connectivity index (χ1) is 16.0. The minimum Gasteiger partial charge on any atom is -0.466 e. The van der Waals surface area contributed by atoms with Crippen LogP contribution in [0.1, 0.15) is 64.6 Å². The third-order valence-corrected chi connectivity index (χ3v) is 4.52. The van der Waals surface area contributed by atoms with Crippen molar-refractivity contribution in [1.82, 2.24) is 15.5 Å². The molecule has 3 amide bonds. The molecule has 9 nitrogen and oxygen atoms in total. The third kappa shape index (κ3) is 10.1. The Bertz CT molecular complexity index is 862. The smallest absolute Gasteiger partial charge is 0.408 e. The van der Waals surface area contributed by atoms with Crippen molar-refractivity contribution in [1.29, 1.82) is 0 Å². The normalized spacial score (nSPS) is 11.7. The van der Waals surface area contributed by atoms with Crippen molar-refractivity contribution in [3.05, 3.63) is 42.0 Å². The van der Waals surface area contributed by atoms with E-state index in [1.165, 1.54) is 4.90 Å². The van der Waals surface area contributed by atoms with Crippen LogP contribution in [-0.4, -0.2) is 60.6 Å². The standard InChI is InChI=1S/C25H37N3O6/c1-7-15-28(20(29)17-27-24(32)34-25(4,5)6)22(19-12-10-11-18(8-2)16-19)23(31)26-14-13-21(30)33-9-3/h8,10-12,16,22H,2,7,9,13-15,17H2,1,3-6H3,(H,26,31)(H,27,32). The lowest BCUT2D eigenvalue weighted by Gasteiger charge is -2.31. The van der Waals surface area contributed by atoms with Crippen LogP contribution in [0.2, 0.25) is 0 Å². The first-order valence-electron chi connectivity index (χ1n) is 11.4. The summed E-state index contributed by atoms with van der Waals surface area (Å²) in [5.74, 6) is -1.30. The fraction of sp³-hybridized carbons (Fsp3) is 0.520. The molecule has 0 heterocycles. The van der Waals surface area contributed by atoms with E-state index in [1.807, 2.05) is 13.0 Å². The predicted octanol–water partition coefficient (Wildman–Crippen LogP) is 3.20. The Morgan fingerprint density at radius 1 is 1.15 bits per heavy atom. The van der Waals surface area contributed by atoms with E-state index >= 15 is 0 Å². The number of carbonyl (C=O) groups excluding carboxylic acids is 4. The highest BCUT2D eigenvalue weighted by molar-refractivity contribution is 5.90. The van der Waals surface area contributed by atoms with Gasteiger partial charge in [0.05, 0.1) is 13.0 Å². The highest BCUT2D eigenvalue weighted by Crippen LogP contribution is 2.23. The monoisotopic (exact) mass is 475 g/mol. The van der Waals surface area contributed by atoms with Gasteiger partial charge in [-0.25, -0.2) is 4.79 Å². The van der Waals surface area contributed by atoms with Crippen molar-refractivity contribution in [3.8, 4) is 0 Å². The van der Waals surface area contributed by atoms with E-state index in [2.05, 4.69) is 17.2 Å². The molecule has 1 rings (SSSR count). The summed E-state index contributed by atoms with van der Waals surface area (Å²) in [6.07, 6.45) is 1.53. The molecule has 0 spiro atoms. The lowest BCUT2D eigenvalue weighted by Crippen LogP contribution is -2.48. The van der Waals surface area contributed by atoms with E-state index in [9.17, 15) is 19.2 Å². The quantitative estimate of drug-likeness (QED) is 0.449. The van der Waals surface area contributed by atoms with Crippen LogP contribution in [0.4, 0.5) is 4.79 Å². The molecule has 0 aliphatic carbocycles. The molecule has 0 aromatic heterocycles. The van der Waals surface area contributed by atoms with Crippen LogP contribution in [0.3, 0.4) is 0 Å². The molecule has 0 saturated heterocycles. The third-order valence-electron chi connectivity index (χ3n) is 4.52. The number of carbonyl (C=O) groups is 4. The second-order valence-electron chi connectivity index (χ2n) is 8.57. The Morgan fingerprint density at radius 3 is 2.44 bits per heavy atom. The number of hydrogen-bond acceptors (Lipinski definition) is 6. The molecule has 9 heteroatoms. The predicted molar refractivity (Wildman–Crippen MR) is 130 cm³/mol. The summed E-state index contributed by atoms with van der Waals surface area (Å²) < 4.78 is 10.1. The Hall–Kier alpha value is -3.36. The average Bonchev–Trinajstić information content (AvgIpc) is 2.76. The zero-order valence-corrected chi connectivity index (χ0v) is 20.8. The molecule has 1 aromatic carbocycles. The summed E-state index contributed by atoms with van der Waals surface area (Å²) in [5, 5.41) is 5.18. The molecule has 0 aliphatic heterocycles. The van der Waals surface area contributed by atoms with E-state index in [4.69, 9.17) is 9.47 Å². The number of hydrogen-bond donors (Lipinski definition) is 2. The Morgan fingerprint density at radius 2 is 1.85 bits per heavy atom. The van der Waals surface area contributed by atoms with E-state index in [0.29, 0.717) is 12.0 Å². The fourth-order valence-corrected chi connectivity index (χ4v) is 3.15. The zero-order chi connectivity index (χ0) is 25.7. The van der Waals surface area contributed by atoms with Crippen molar-refractivity contribution in [2.75, 3.05) is 26.2 Å². The van der Waals surface area contributed by atoms with Gasteiger partial charge in [0.1, 0.15) is 18.2 Å². The van der Waals surface area contributed by atoms with Crippen molar-refractivity contribution in [3.63, 3.8) is 0 Å². The summed E-state index contributed by atoms with van der Waals surface area (Å²) in [5.41, 5.74) is 0.672. The largest absolute Gasteiger partial charge is 0.466 e. The van der Waals surface area contributed by atoms with Gasteiger partial charge in [-0.2, -0.15) is 0 Å². The van der Waals surface area contributed by atoms with Gasteiger partial charge in [-0.05, 0) is 51.3 Å². The Labute approximate surface area is 201 Å². The number of amides is 3. The number of ether oxygens (including phenoxy) is 2. The highest BCUT2D eigenvalue weighted by atomic mass is 16.6. The number of rotatable bonds is 12. The van der Waals surface area contributed by atoms with Crippen LogP contribution >= 0.6 is 0 Å². The van der Waals surface area contributed by atoms with Gasteiger partial charge in [0.25, 0.3) is 0 Å². The molecule has 0 fully saturated rings. The van der Waals surface area contributed by atoms with Crippen molar-refractivity contribution in [2.45, 2.75) is 59.1 Å². The van der Waals surface area contributed by atoms with Crippen molar-refractivity contribution < 1.29 is 28.7 Å². The molecule has 1 unspecified atom stereocenters. The van der Waals surface area contributed by atoms with Gasteiger partial charge in [-0.1, -0.05) is 37.8 Å². The first-order valence-corrected chi connectivity index (χ1v) is 11.4. The summed E-state index contributed by atoms with van der Waals surface area (Å²) >= 11 is 0. The first kappa shape index (κ1) is 28.7. The van der Waals surface area contributed by atoms with E-state index < -0.39 is 35.5 Å². The lowest BCUT2D eigenvalue weighted by molar-refractivity contribution is -0.143. The van der Waals surface area contributed by atoms with Crippen molar-refractivity contribution in [2.24, 2.45) is 0 Å². The maximum atomic E-state index is 13.2. The SMILES string of the molecule is C=Cc1cccc(C(C(=O)NCCC(=O)OCC)N(CCC)C(=O)CNC(=O)OC(C)(C)C)c1. The van der Waals surface area contributed by atoms with E-state index in [0.717, 1.165) is 5.56 Å². The Kier molecular flexibility index (Phi) is 11.8. The van der Waals surface area contributed by atoms with Crippen LogP contribution in [0, 0.1) is 0 Å². The zero-order valence-electron chi connectivity index (χ0n) is 20.8. The summed E-state index contributed by atoms with van der Waals surface area (Å²) in [4.78, 5) is 51.4. The van der Waals surface area contributed by atoms with E-state index in [-0.39, 0.29) is 32.7 Å². The average molecular weight is 476 g/mol. The number of esters is 1. The minimum atomic E-state index is -0.963. The lowest BCUT2D eigenvalue weighted by atomic mass is 10.0. The van der Waals surface area contributed by atoms with Gasteiger partial charge in [0.2, 0.25) is 11.8 Å². The molecule has 0 saturated carbocycles. The Balaban J connectivity index is 3.12. The molecular weight excluding hydrogens is 438 g/mol. The van der Waals surface area contributed by atoms with Gasteiger partial charge in [-0.3, -0.25) is 14.4 Å². The molecule has 0 bridgehead atoms. The van der Waals surface area contributed by atoms with Gasteiger partial charge >= 0.3 is 12.1 Å². The number of benzene rings is 1. The number of alkyl carbamates (subject to hydrolysis) is 1. The second kappa shape index (κ2) is 14.0. The summed E-state index contributed by atoms with van der Waals surface area (Å²) in [7, 11) is 0. The maximum Gasteiger partial charge on any atom is 0.408 e. The number of nitrogens with one attached hydrogen (secondary N) is 2. The van der Waals surface area contributed by atoms with Crippen LogP contribution < -0.4 is 10.6 Å². The fourth-order valence-electron chi connectivity index (χ4n) is 3.15. The molecule has 34 heavy (non-hydrogen) atoms. The van der Waals surface area contributed by atoms with Crippen LogP contribution in [0.15, 0.2) is 30.8 Å². The van der Waals surface area contributed by atoms with Gasteiger partial charge in [0, 0.05) is 13.1 Å². The molecule has 1 atom stereocenters. The summed E-state index contributed by atoms with van der Waals surface area (Å²) in [6, 6.07) is 6.18. The molecule has 1 aromatic rings. The second-order valence-corrected chi connectivity index (χ2v) is 8.57. The van der Waals surface area contributed by atoms with Gasteiger partial charge < -0.3 is 25.0 Å². The highest BCUT2D eigenvalue weighted by Gasteiger charge is 2.31. The molecule has 0 radical (unpaired) electrons. The van der Waals surface area contributed by atoms with Gasteiger partial charge in [0.15, 0.2) is 0 Å². The number of nitrogens with zero attached hydrogens (tertiary/aromatic N) is 1. The molecular formula is C25H37N3O6. The van der Waals surface area contributed by atoms with Crippen molar-refractivity contribution >= 4 is 30.0 Å². The maximum absolute atomic E-state index is 13.2. The minimum absolute atomic E-state index is 0.0148. The van der Waals surface area contributed by atoms with Crippen LogP contribution in [-0.2, 0) is 23.9 Å². The topological polar surface area (TPSA) is 114 Å². The summed E-state index contributed by atoms with van der Waals surface area (Å²) in [6.45, 7) is 12.8. The molecule has 2 N–H and O–H groups in total. The van der Waals surface area contributed by atoms with Crippen LogP contribution in [0.25, 0.3) is 6.08 Å². The molecule has 0 aliphatic rings. The van der Waals surface area contributed by atoms with Crippen LogP contribution in [0.5, 0.6) is 0 Å².